The molecule has 4 rings (SSSR count). The van der Waals surface area contributed by atoms with Gasteiger partial charge in [-0.2, -0.15) is 0 Å². The topological polar surface area (TPSA) is 93.4 Å². The van der Waals surface area contributed by atoms with Gasteiger partial charge in [0.05, 0.1) is 25.7 Å². The maximum absolute atomic E-state index is 12.5. The van der Waals surface area contributed by atoms with Crippen molar-refractivity contribution in [3.8, 4) is 23.0 Å². The van der Waals surface area contributed by atoms with E-state index in [0.717, 1.165) is 0 Å². The molecule has 0 saturated heterocycles. The van der Waals surface area contributed by atoms with Gasteiger partial charge in [0.1, 0.15) is 11.5 Å². The number of fused-ring (bicyclic) bond motifs is 2. The van der Waals surface area contributed by atoms with Crippen LogP contribution >= 0.6 is 0 Å². The van der Waals surface area contributed by atoms with Crippen molar-refractivity contribution in [2.75, 3.05) is 21.0 Å². The van der Waals surface area contributed by atoms with Gasteiger partial charge in [0.2, 0.25) is 18.6 Å². The molecule has 0 N–H and O–H groups in total. The highest BCUT2D eigenvalue weighted by Gasteiger charge is 2.45. The molecule has 136 valence electrons. The molecule has 2 aromatic rings. The Balaban J connectivity index is 1.91. The van der Waals surface area contributed by atoms with Crippen molar-refractivity contribution in [3.05, 3.63) is 45.5 Å². The maximum Gasteiger partial charge on any atom is 0.348 e. The summed E-state index contributed by atoms with van der Waals surface area (Å²) in [6.45, 7) is 1.70. The summed E-state index contributed by atoms with van der Waals surface area (Å²) in [5.41, 5.74) is 0.288. The zero-order valence-electron chi connectivity index (χ0n) is 14.4. The maximum atomic E-state index is 12.5. The van der Waals surface area contributed by atoms with Crippen LogP contribution in [0, 0.1) is 6.92 Å². The minimum Gasteiger partial charge on any atom is -0.493 e. The molecule has 3 heterocycles. The SMILES string of the molecule is COC(=O)[C@H]1Oc2cc(C)oc(=O)c2[C@@H]1c1cc(OC)c2c(c1)OCO2. The van der Waals surface area contributed by atoms with Crippen molar-refractivity contribution in [3.63, 3.8) is 0 Å². The number of carbonyl (C=O) groups excluding carboxylic acids is 1. The molecule has 0 spiro atoms. The van der Waals surface area contributed by atoms with Crippen LogP contribution in [0.4, 0.5) is 0 Å². The van der Waals surface area contributed by atoms with Gasteiger partial charge >= 0.3 is 11.6 Å². The van der Waals surface area contributed by atoms with Crippen LogP contribution in [0.3, 0.4) is 0 Å². The molecule has 8 nitrogen and oxygen atoms in total. The Kier molecular flexibility index (Phi) is 3.75. The minimum absolute atomic E-state index is 0.0642. The smallest absolute Gasteiger partial charge is 0.348 e. The molecule has 0 saturated carbocycles. The Bertz CT molecular complexity index is 945. The van der Waals surface area contributed by atoms with E-state index in [1.165, 1.54) is 14.2 Å². The number of carbonyl (C=O) groups is 1. The second-order valence-corrected chi connectivity index (χ2v) is 5.92. The largest absolute Gasteiger partial charge is 0.493 e. The van der Waals surface area contributed by atoms with Gasteiger partial charge in [-0.05, 0) is 24.6 Å². The predicted molar refractivity (Wildman–Crippen MR) is 87.1 cm³/mol. The molecule has 8 heteroatoms. The fraction of sp³-hybridized carbons (Fsp3) is 0.333. The second-order valence-electron chi connectivity index (χ2n) is 5.92. The first-order valence-electron chi connectivity index (χ1n) is 7.90. The van der Waals surface area contributed by atoms with Gasteiger partial charge in [0, 0.05) is 6.07 Å². The first kappa shape index (κ1) is 16.3. The van der Waals surface area contributed by atoms with E-state index in [0.29, 0.717) is 34.3 Å². The average Bonchev–Trinajstić information content (AvgIpc) is 3.24. The van der Waals surface area contributed by atoms with E-state index in [9.17, 15) is 9.59 Å². The molecular formula is C18H16O8. The van der Waals surface area contributed by atoms with Crippen LogP contribution in [0.5, 0.6) is 23.0 Å². The Morgan fingerprint density at radius 1 is 1.15 bits per heavy atom. The third-order valence-electron chi connectivity index (χ3n) is 4.41. The normalized spacial score (nSPS) is 19.7. The highest BCUT2D eigenvalue weighted by molar-refractivity contribution is 5.79. The van der Waals surface area contributed by atoms with Crippen molar-refractivity contribution < 1.29 is 32.9 Å². The predicted octanol–water partition coefficient (Wildman–Crippen LogP) is 1.75. The summed E-state index contributed by atoms with van der Waals surface area (Å²) in [4.78, 5) is 24.8. The lowest BCUT2D eigenvalue weighted by molar-refractivity contribution is -0.148. The standard InChI is InChI=1S/C18H16O8/c1-8-4-10-14(17(19)25-8)13(16(26-10)18(20)22-3)9-5-11(21-2)15-12(6-9)23-7-24-15/h4-6,13,16H,7H2,1-3H3/t13-,16-/m0/s1. The fourth-order valence-corrected chi connectivity index (χ4v) is 3.30. The zero-order valence-corrected chi connectivity index (χ0v) is 14.4. The van der Waals surface area contributed by atoms with Crippen LogP contribution in [0.25, 0.3) is 0 Å². The molecule has 1 aromatic carbocycles. The van der Waals surface area contributed by atoms with E-state index in [2.05, 4.69) is 0 Å². The third-order valence-corrected chi connectivity index (χ3v) is 4.41. The van der Waals surface area contributed by atoms with Crippen LogP contribution in [-0.4, -0.2) is 33.1 Å². The number of ether oxygens (including phenoxy) is 5. The lowest BCUT2D eigenvalue weighted by Crippen LogP contribution is -2.31. The van der Waals surface area contributed by atoms with Gasteiger partial charge in [0.25, 0.3) is 0 Å². The van der Waals surface area contributed by atoms with E-state index in [1.807, 2.05) is 0 Å². The van der Waals surface area contributed by atoms with Crippen molar-refractivity contribution in [2.45, 2.75) is 18.9 Å². The van der Waals surface area contributed by atoms with Gasteiger partial charge in [-0.25, -0.2) is 9.59 Å². The third kappa shape index (κ3) is 2.37. The number of hydrogen-bond acceptors (Lipinski definition) is 8. The molecule has 0 bridgehead atoms. The summed E-state index contributed by atoms with van der Waals surface area (Å²) in [7, 11) is 2.76. The number of rotatable bonds is 3. The molecule has 2 aliphatic rings. The summed E-state index contributed by atoms with van der Waals surface area (Å²) in [5, 5.41) is 0. The Hall–Kier alpha value is -3.16. The zero-order chi connectivity index (χ0) is 18.4. The summed E-state index contributed by atoms with van der Waals surface area (Å²) >= 11 is 0. The number of esters is 1. The molecule has 2 aliphatic heterocycles. The summed E-state index contributed by atoms with van der Waals surface area (Å²) < 4.78 is 32.0. The van der Waals surface area contributed by atoms with Crippen molar-refractivity contribution in [2.24, 2.45) is 0 Å². The number of methoxy groups -OCH3 is 2. The lowest BCUT2D eigenvalue weighted by atomic mass is 9.88. The lowest BCUT2D eigenvalue weighted by Gasteiger charge is -2.18. The van der Waals surface area contributed by atoms with E-state index in [1.54, 1.807) is 25.1 Å². The second kappa shape index (κ2) is 5.98. The average molecular weight is 360 g/mol. The summed E-state index contributed by atoms with van der Waals surface area (Å²) in [6, 6.07) is 4.96. The number of aryl methyl sites for hydroxylation is 1. The van der Waals surface area contributed by atoms with Crippen LogP contribution in [0.1, 0.15) is 22.8 Å². The number of hydrogen-bond donors (Lipinski definition) is 0. The van der Waals surface area contributed by atoms with E-state index >= 15 is 0 Å². The quantitative estimate of drug-likeness (QED) is 0.765. The van der Waals surface area contributed by atoms with Gasteiger partial charge in [-0.15, -0.1) is 0 Å². The molecule has 2 atom stereocenters. The molecular weight excluding hydrogens is 344 g/mol. The van der Waals surface area contributed by atoms with Crippen molar-refractivity contribution in [1.82, 2.24) is 0 Å². The molecule has 1 aromatic heterocycles. The Morgan fingerprint density at radius 2 is 1.96 bits per heavy atom. The molecule has 0 unspecified atom stereocenters. The highest BCUT2D eigenvalue weighted by Crippen LogP contribution is 2.48. The van der Waals surface area contributed by atoms with Crippen molar-refractivity contribution >= 4 is 5.97 Å². The van der Waals surface area contributed by atoms with Gasteiger partial charge in [0.15, 0.2) is 11.5 Å². The van der Waals surface area contributed by atoms with Crippen LogP contribution in [0.2, 0.25) is 0 Å². The number of benzene rings is 1. The highest BCUT2D eigenvalue weighted by atomic mass is 16.7. The summed E-state index contributed by atoms with van der Waals surface area (Å²) in [5.74, 6) is 0.743. The monoisotopic (exact) mass is 360 g/mol. The molecule has 0 radical (unpaired) electrons. The molecule has 0 amide bonds. The molecule has 0 aliphatic carbocycles. The Morgan fingerprint density at radius 3 is 2.69 bits per heavy atom. The van der Waals surface area contributed by atoms with Crippen molar-refractivity contribution in [1.29, 1.82) is 0 Å². The van der Waals surface area contributed by atoms with E-state index in [4.69, 9.17) is 28.1 Å². The first-order chi connectivity index (χ1) is 12.5. The first-order valence-corrected chi connectivity index (χ1v) is 7.90. The van der Waals surface area contributed by atoms with Crippen LogP contribution < -0.4 is 24.6 Å². The molecule has 26 heavy (non-hydrogen) atoms. The van der Waals surface area contributed by atoms with Gasteiger partial charge < -0.3 is 28.1 Å². The van der Waals surface area contributed by atoms with Gasteiger partial charge in [-0.3, -0.25) is 0 Å². The van der Waals surface area contributed by atoms with E-state index < -0.39 is 23.6 Å². The van der Waals surface area contributed by atoms with Gasteiger partial charge in [-0.1, -0.05) is 0 Å². The van der Waals surface area contributed by atoms with Crippen LogP contribution in [0.15, 0.2) is 27.4 Å². The van der Waals surface area contributed by atoms with Crippen LogP contribution in [-0.2, 0) is 9.53 Å². The summed E-state index contributed by atoms with van der Waals surface area (Å²) in [6.07, 6.45) is -1.02. The molecule has 0 fully saturated rings. The minimum atomic E-state index is -1.02. The van der Waals surface area contributed by atoms with E-state index in [-0.39, 0.29) is 12.4 Å². The Labute approximate surface area is 148 Å². The fourth-order valence-electron chi connectivity index (χ4n) is 3.30.